The Morgan fingerprint density at radius 2 is 0.667 bits per heavy atom. The molecule has 22 N–H and O–H groups in total. The lowest BCUT2D eigenvalue weighted by molar-refractivity contribution is -0.385. The third kappa shape index (κ3) is 43.5. The van der Waals surface area contributed by atoms with Crippen molar-refractivity contribution < 1.29 is 102 Å². The number of nitro benzene ring substituents is 2. The number of azo groups is 3. The van der Waals surface area contributed by atoms with Gasteiger partial charge in [-0.1, -0.05) is 113 Å². The average Bonchev–Trinajstić information content (AvgIpc) is 0.842. The highest BCUT2D eigenvalue weighted by Crippen LogP contribution is 2.34. The Hall–Kier alpha value is -18.7. The van der Waals surface area contributed by atoms with E-state index in [1.165, 1.54) is 167 Å². The van der Waals surface area contributed by atoms with E-state index in [2.05, 4.69) is 95.4 Å². The van der Waals surface area contributed by atoms with Crippen molar-refractivity contribution in [1.29, 1.82) is 0 Å². The molecule has 10 rings (SSSR count). The van der Waals surface area contributed by atoms with Crippen LogP contribution in [0.2, 0.25) is 0 Å². The Morgan fingerprint density at radius 1 is 0.361 bits per heavy atom. The largest absolute Gasteiger partial charge is 0.510 e. The van der Waals surface area contributed by atoms with Gasteiger partial charge in [-0.05, 0) is 260 Å². The molecule has 772 valence electrons. The fourth-order valence-corrected chi connectivity index (χ4v) is 13.4. The van der Waals surface area contributed by atoms with Crippen molar-refractivity contribution in [2.24, 2.45) is 77.3 Å². The van der Waals surface area contributed by atoms with Crippen LogP contribution in [0.4, 0.5) is 68.2 Å². The number of carboxylic acid groups (broad SMARTS) is 2. The molecule has 0 heterocycles. The summed E-state index contributed by atoms with van der Waals surface area (Å²) in [6.07, 6.45) is 6.02. The Kier molecular flexibility index (Phi) is 50.0. The van der Waals surface area contributed by atoms with Gasteiger partial charge in [0, 0.05) is 92.2 Å². The molecule has 0 aromatic heterocycles. The first kappa shape index (κ1) is 119. The molecule has 10 aromatic rings. The molecule has 10 aromatic carbocycles. The predicted octanol–water partition coefficient (Wildman–Crippen LogP) is 19.5. The lowest BCUT2D eigenvalue weighted by Crippen LogP contribution is -2.26. The zero-order chi connectivity index (χ0) is 109. The number of nitrogen functional groups attached to an aromatic ring is 2. The Morgan fingerprint density at radius 3 is 1.00 bits per heavy atom. The Labute approximate surface area is 846 Å². The number of hydrogen-bond acceptors (Lipinski definition) is 29. The van der Waals surface area contributed by atoms with Gasteiger partial charge >= 0.3 is 17.9 Å². The van der Waals surface area contributed by atoms with Gasteiger partial charge in [0.1, 0.15) is 23.1 Å². The number of primary amides is 4. The number of carbonyl (C=O) groups is 13. The SMILES string of the molecule is CC(=O)CC(=O)Nc1cccc([N+](=O)[O-])c1.CC(O)=C(N=Nc1ccc(C(N)=O)cc1)C(=O)Nc1cccc(N)c1.CC(O)=C(N=Nc1ccc(C(N)=O)cc1)C(=O)Nc1cccc([N+](=O)[O-])c1.CCC(CCC(C)C(=O)O)c1ccccc1.CCC(CCC(CCC(CCC(C)C(=O)O)C(=O)OC)C(=O)Nc1cccc(NC(=O)C(N=Nc2ccc(C(N)=O)cc2)=C(C)O)c1)c1ccccc1.NC(=O)c1ccc(N)cc1. The summed E-state index contributed by atoms with van der Waals surface area (Å²) in [6.45, 7) is 12.8. The van der Waals surface area contributed by atoms with Crippen LogP contribution in [0.15, 0.2) is 320 Å². The number of amides is 9. The summed E-state index contributed by atoms with van der Waals surface area (Å²) in [5.41, 5.74) is 38.0. The van der Waals surface area contributed by atoms with Crippen LogP contribution in [-0.2, 0) is 47.9 Å². The van der Waals surface area contributed by atoms with Crippen molar-refractivity contribution in [3.63, 3.8) is 0 Å². The molecule has 6 unspecified atom stereocenters. The molecular formula is C105H119N19O23. The molecule has 0 aliphatic carbocycles. The number of ketones is 1. The third-order valence-corrected chi connectivity index (χ3v) is 21.6. The molecule has 42 nitrogen and oxygen atoms in total. The van der Waals surface area contributed by atoms with Gasteiger partial charge in [0.15, 0.2) is 17.1 Å². The van der Waals surface area contributed by atoms with Gasteiger partial charge in [-0.25, -0.2) is 0 Å². The number of carboxylic acids is 2. The van der Waals surface area contributed by atoms with Gasteiger partial charge in [-0.15, -0.1) is 15.3 Å². The number of allylic oxidation sites excluding steroid dienone is 3. The molecule has 9 amide bonds. The number of aliphatic carboxylic acids is 2. The molecule has 147 heavy (non-hydrogen) atoms. The zero-order valence-corrected chi connectivity index (χ0v) is 82.1. The maximum absolute atomic E-state index is 13.9. The number of nitro groups is 2. The van der Waals surface area contributed by atoms with Crippen molar-refractivity contribution >= 4 is 145 Å². The van der Waals surface area contributed by atoms with Crippen LogP contribution >= 0.6 is 0 Å². The quantitative estimate of drug-likeness (QED) is 0.00247. The fraction of sp³-hybridized carbons (Fsp3) is 0.248. The van der Waals surface area contributed by atoms with Gasteiger partial charge in [-0.3, -0.25) is 82.6 Å². The number of Topliss-reactive ketones (excluding diaryl/α,β-unsaturated/α-hetero) is 1. The van der Waals surface area contributed by atoms with E-state index in [0.29, 0.717) is 100 Å². The topological polar surface area (TPSA) is 709 Å². The number of nitrogens with two attached hydrogens (primary N) is 6. The van der Waals surface area contributed by atoms with Crippen molar-refractivity contribution in [2.45, 2.75) is 138 Å². The second kappa shape index (κ2) is 61.8. The normalized spacial score (nSPS) is 12.4. The molecule has 0 saturated carbocycles. The van der Waals surface area contributed by atoms with E-state index in [1.807, 2.05) is 36.4 Å². The second-order valence-corrected chi connectivity index (χ2v) is 33.0. The second-order valence-electron chi connectivity index (χ2n) is 33.0. The summed E-state index contributed by atoms with van der Waals surface area (Å²) in [6, 6.07) is 68.5. The molecule has 0 bridgehead atoms. The standard InChI is InChI=1S/C40H49N5O8.C17H15N5O5.C17H17N5O3.C14H20O2.C10H10N2O4.C7H8N2O/c1-5-27(28-10-7-6-8-11-28)16-17-30(18-19-31(40(52)53-4)15-14-25(2)39(50)51)37(48)42-33-12-9-13-34(24-33)43-38(49)35(26(3)46)45-44-32-22-20-29(21-23-32)36(41)47;1-10(23)15(21-20-12-7-5-11(6-8-12)16(18)24)17(25)19-13-3-2-4-14(9-13)22(26)27;1-10(23)15(17(25)20-14-4-2-3-12(18)9-14)22-21-13-7-5-11(6-8-13)16(19)24;1-3-12(10-9-11(2)14(15)16)13-7-5-4-6-8-13;1-7(13)5-10(14)11-8-3-2-4-9(6-8)12(15)16;8-6-3-1-5(2-4-6)7(9)10/h6-13,20-25,27,30-31,46H,5,14-19H2,1-4H3,(H2,41,47)(H,42,48)(H,43,49)(H,50,51);2-9,23H,1H3,(H2,18,24)(H,19,25);2-9,23H,18H2,1H3,(H2,19,24)(H,20,25);4-8,11-12H,3,9-10H2,1-2H3,(H,15,16);2-4,6H,5H2,1H3,(H,11,14);1-4H,8H2,(H2,9,10). The van der Waals surface area contributed by atoms with Crippen molar-refractivity contribution in [3.8, 4) is 0 Å². The number of methoxy groups -OCH3 is 1. The number of non-ortho nitro benzene ring substituents is 2. The highest BCUT2D eigenvalue weighted by molar-refractivity contribution is 6.06. The van der Waals surface area contributed by atoms with Gasteiger partial charge in [0.25, 0.3) is 29.1 Å². The van der Waals surface area contributed by atoms with Crippen LogP contribution in [0.1, 0.15) is 190 Å². The number of aliphatic hydroxyl groups is 3. The minimum absolute atomic E-state index is 0.111. The van der Waals surface area contributed by atoms with Crippen LogP contribution in [0, 0.1) is 43.9 Å². The van der Waals surface area contributed by atoms with Crippen LogP contribution in [0.3, 0.4) is 0 Å². The highest BCUT2D eigenvalue weighted by atomic mass is 16.6. The molecule has 0 radical (unpaired) electrons. The van der Waals surface area contributed by atoms with Gasteiger partial charge in [0.05, 0.1) is 58.2 Å². The lowest BCUT2D eigenvalue weighted by atomic mass is 9.84. The maximum Gasteiger partial charge on any atom is 0.308 e. The van der Waals surface area contributed by atoms with E-state index >= 15 is 0 Å². The first-order valence-corrected chi connectivity index (χ1v) is 45.7. The van der Waals surface area contributed by atoms with Crippen LogP contribution in [0.5, 0.6) is 0 Å². The molecule has 0 saturated heterocycles. The molecule has 0 aliphatic rings. The smallest absolute Gasteiger partial charge is 0.308 e. The Bertz CT molecular complexity index is 6410. The highest BCUT2D eigenvalue weighted by Gasteiger charge is 2.29. The number of rotatable bonds is 42. The van der Waals surface area contributed by atoms with E-state index in [4.69, 9.17) is 44.2 Å². The number of carbonyl (C=O) groups excluding carboxylic acids is 11. The summed E-state index contributed by atoms with van der Waals surface area (Å²) < 4.78 is 5.02. The van der Waals surface area contributed by atoms with E-state index in [1.54, 1.807) is 86.6 Å². The predicted molar refractivity (Wildman–Crippen MR) is 554 cm³/mol. The van der Waals surface area contributed by atoms with E-state index < -0.39 is 98.5 Å². The number of aliphatic hydroxyl groups excluding tert-OH is 3. The summed E-state index contributed by atoms with van der Waals surface area (Å²) in [5, 5.41) is 105. The number of benzene rings is 10. The molecular weight excluding hydrogens is 1900 g/mol. The van der Waals surface area contributed by atoms with Crippen LogP contribution in [-0.4, -0.2) is 119 Å². The van der Waals surface area contributed by atoms with Gasteiger partial charge in [0.2, 0.25) is 35.4 Å². The fourth-order valence-electron chi connectivity index (χ4n) is 13.4. The minimum Gasteiger partial charge on any atom is -0.510 e. The third-order valence-electron chi connectivity index (χ3n) is 21.6. The van der Waals surface area contributed by atoms with Crippen molar-refractivity contribution in [3.05, 3.63) is 343 Å². The lowest BCUT2D eigenvalue weighted by Gasteiger charge is -2.23. The maximum atomic E-state index is 13.9. The summed E-state index contributed by atoms with van der Waals surface area (Å²) in [7, 11) is 1.30. The van der Waals surface area contributed by atoms with Crippen LogP contribution < -0.4 is 61.0 Å². The number of nitrogens with zero attached hydrogens (tertiary/aromatic N) is 8. The number of esters is 1. The summed E-state index contributed by atoms with van der Waals surface area (Å²) in [5.74, 6) is -9.70. The first-order valence-electron chi connectivity index (χ1n) is 45.7. The van der Waals surface area contributed by atoms with Crippen molar-refractivity contribution in [2.75, 3.05) is 45.2 Å². The molecule has 0 fully saturated rings. The molecule has 6 atom stereocenters. The zero-order valence-electron chi connectivity index (χ0n) is 82.1. The van der Waals surface area contributed by atoms with Gasteiger partial charge < -0.3 is 91.3 Å². The van der Waals surface area contributed by atoms with E-state index in [9.17, 15) is 103 Å². The summed E-state index contributed by atoms with van der Waals surface area (Å²) >= 11 is 0. The van der Waals surface area contributed by atoms with E-state index in [-0.39, 0.29) is 86.7 Å². The minimum atomic E-state index is -0.938. The summed E-state index contributed by atoms with van der Waals surface area (Å²) in [4.78, 5) is 172. The first-order chi connectivity index (χ1) is 69.8. The number of hydrogen-bond donors (Lipinski definition) is 16. The van der Waals surface area contributed by atoms with E-state index in [0.717, 1.165) is 32.1 Å². The molecule has 0 aliphatic heterocycles. The monoisotopic (exact) mass is 2010 g/mol. The van der Waals surface area contributed by atoms with Crippen LogP contribution in [0.25, 0.3) is 0 Å². The molecule has 0 spiro atoms. The van der Waals surface area contributed by atoms with Crippen molar-refractivity contribution in [1.82, 2.24) is 0 Å². The number of ether oxygens (including phenoxy) is 1. The number of anilines is 7. The van der Waals surface area contributed by atoms with Gasteiger partial charge in [-0.2, -0.15) is 15.3 Å². The number of nitrogens with one attached hydrogen (secondary N) is 5. The Balaban J connectivity index is 0.000000339. The molecule has 42 heteroatoms. The average molecular weight is 2020 g/mol.